The number of rotatable bonds is 8. The highest BCUT2D eigenvalue weighted by Crippen LogP contribution is 2.29. The zero-order valence-electron chi connectivity index (χ0n) is 14.4. The molecule has 1 N–H and O–H groups in total. The molecule has 0 aliphatic carbocycles. The largest absolute Gasteiger partial charge is 0.394 e. The smallest absolute Gasteiger partial charge is 0.196 e. The summed E-state index contributed by atoms with van der Waals surface area (Å²) in [5, 5.41) is 19.1. The van der Waals surface area contributed by atoms with Crippen molar-refractivity contribution in [2.45, 2.75) is 12.1 Å². The number of aliphatic hydroxyl groups excluding tert-OH is 1. The van der Waals surface area contributed by atoms with Crippen molar-refractivity contribution in [3.05, 3.63) is 59.1 Å². The molecule has 0 aliphatic heterocycles. The number of halogens is 1. The first-order valence-electron chi connectivity index (χ1n) is 8.29. The summed E-state index contributed by atoms with van der Waals surface area (Å²) in [7, 11) is 0. The zero-order chi connectivity index (χ0) is 18.4. The van der Waals surface area contributed by atoms with Crippen LogP contribution in [0.5, 0.6) is 0 Å². The van der Waals surface area contributed by atoms with Crippen LogP contribution in [-0.4, -0.2) is 45.4 Å². The van der Waals surface area contributed by atoms with Gasteiger partial charge in [0.15, 0.2) is 11.0 Å². The van der Waals surface area contributed by atoms with Gasteiger partial charge < -0.3 is 9.84 Å². The lowest BCUT2D eigenvalue weighted by atomic mass is 10.1. The minimum absolute atomic E-state index is 0.0325. The molecule has 1 aromatic heterocycles. The van der Waals surface area contributed by atoms with Gasteiger partial charge in [-0.25, -0.2) is 0 Å². The Morgan fingerprint density at radius 1 is 1.08 bits per heavy atom. The van der Waals surface area contributed by atoms with E-state index in [1.54, 1.807) is 11.8 Å². The molecule has 26 heavy (non-hydrogen) atoms. The molecule has 3 rings (SSSR count). The van der Waals surface area contributed by atoms with E-state index in [1.807, 2.05) is 36.4 Å². The lowest BCUT2D eigenvalue weighted by molar-refractivity contribution is 0.103. The van der Waals surface area contributed by atoms with Crippen LogP contribution in [0.4, 0.5) is 0 Å². The predicted molar refractivity (Wildman–Crippen MR) is 105 cm³/mol. The standard InChI is InChI=1S/C19H20ClN3O2S/c1-14-4-2-3-5-17(14)23-18(15-6-8-16(20)9-7-15)21-22-19(23)26-13-12-25-11-10-24/h2-9,24H,10-13H2,1H3. The quantitative estimate of drug-likeness (QED) is 0.466. The molecule has 0 saturated carbocycles. The number of thioether (sulfide) groups is 1. The van der Waals surface area contributed by atoms with Gasteiger partial charge in [-0.3, -0.25) is 4.57 Å². The van der Waals surface area contributed by atoms with Crippen LogP contribution in [0, 0.1) is 6.92 Å². The fourth-order valence-corrected chi connectivity index (χ4v) is 3.46. The molecule has 7 heteroatoms. The second kappa shape index (κ2) is 9.19. The Kier molecular flexibility index (Phi) is 6.68. The summed E-state index contributed by atoms with van der Waals surface area (Å²) in [6, 6.07) is 15.7. The van der Waals surface area contributed by atoms with Gasteiger partial charge in [0.1, 0.15) is 0 Å². The van der Waals surface area contributed by atoms with E-state index in [4.69, 9.17) is 21.4 Å². The van der Waals surface area contributed by atoms with Crippen molar-refractivity contribution in [1.82, 2.24) is 14.8 Å². The van der Waals surface area contributed by atoms with Crippen LogP contribution < -0.4 is 0 Å². The Hall–Kier alpha value is -1.86. The normalized spacial score (nSPS) is 11.0. The molecule has 136 valence electrons. The Labute approximate surface area is 162 Å². The Morgan fingerprint density at radius 3 is 2.58 bits per heavy atom. The number of hydrogen-bond donors (Lipinski definition) is 1. The minimum atomic E-state index is 0.0325. The molecule has 0 bridgehead atoms. The third-order valence-electron chi connectivity index (χ3n) is 3.79. The lowest BCUT2D eigenvalue weighted by Gasteiger charge is -2.13. The fourth-order valence-electron chi connectivity index (χ4n) is 2.54. The predicted octanol–water partition coefficient (Wildman–Crippen LogP) is 4.00. The van der Waals surface area contributed by atoms with E-state index in [1.165, 1.54) is 0 Å². The third-order valence-corrected chi connectivity index (χ3v) is 4.93. The molecular formula is C19H20ClN3O2S. The summed E-state index contributed by atoms with van der Waals surface area (Å²) in [5.74, 6) is 1.50. The fraction of sp³-hybridized carbons (Fsp3) is 0.263. The van der Waals surface area contributed by atoms with Gasteiger partial charge in [-0.1, -0.05) is 41.6 Å². The molecule has 1 heterocycles. The van der Waals surface area contributed by atoms with E-state index in [-0.39, 0.29) is 6.61 Å². The van der Waals surface area contributed by atoms with Crippen LogP contribution in [-0.2, 0) is 4.74 Å². The molecule has 0 saturated heterocycles. The maximum Gasteiger partial charge on any atom is 0.196 e. The second-order valence-corrected chi connectivity index (χ2v) is 7.12. The SMILES string of the molecule is Cc1ccccc1-n1c(SCCOCCO)nnc1-c1ccc(Cl)cc1. The van der Waals surface area contributed by atoms with Crippen LogP contribution in [0.3, 0.4) is 0 Å². The highest BCUT2D eigenvalue weighted by Gasteiger charge is 2.17. The summed E-state index contributed by atoms with van der Waals surface area (Å²) < 4.78 is 7.40. The van der Waals surface area contributed by atoms with Crippen LogP contribution in [0.25, 0.3) is 17.1 Å². The molecule has 2 aromatic carbocycles. The summed E-state index contributed by atoms with van der Waals surface area (Å²) in [5.41, 5.74) is 3.13. The van der Waals surface area contributed by atoms with Crippen LogP contribution >= 0.6 is 23.4 Å². The van der Waals surface area contributed by atoms with Crippen molar-refractivity contribution < 1.29 is 9.84 Å². The molecule has 0 unspecified atom stereocenters. The molecular weight excluding hydrogens is 370 g/mol. The summed E-state index contributed by atoms with van der Waals surface area (Å²) in [6.45, 7) is 2.99. The number of aromatic nitrogens is 3. The lowest BCUT2D eigenvalue weighted by Crippen LogP contribution is -2.05. The average Bonchev–Trinajstić information content (AvgIpc) is 3.06. The van der Waals surface area contributed by atoms with E-state index in [9.17, 15) is 0 Å². The van der Waals surface area contributed by atoms with Gasteiger partial charge in [-0.05, 0) is 42.8 Å². The van der Waals surface area contributed by atoms with E-state index in [2.05, 4.69) is 33.8 Å². The van der Waals surface area contributed by atoms with E-state index in [0.29, 0.717) is 18.2 Å². The monoisotopic (exact) mass is 389 g/mol. The molecule has 0 amide bonds. The maximum atomic E-state index is 8.79. The summed E-state index contributed by atoms with van der Waals surface area (Å²) >= 11 is 7.59. The van der Waals surface area contributed by atoms with E-state index >= 15 is 0 Å². The Balaban J connectivity index is 1.95. The zero-order valence-corrected chi connectivity index (χ0v) is 16.0. The number of aliphatic hydroxyl groups is 1. The number of nitrogens with zero attached hydrogens (tertiary/aromatic N) is 3. The first kappa shape index (κ1) is 18.9. The van der Waals surface area contributed by atoms with Gasteiger partial charge in [0.2, 0.25) is 0 Å². The van der Waals surface area contributed by atoms with Crippen molar-refractivity contribution in [2.24, 2.45) is 0 Å². The van der Waals surface area contributed by atoms with Gasteiger partial charge in [-0.2, -0.15) is 0 Å². The molecule has 3 aromatic rings. The second-order valence-electron chi connectivity index (χ2n) is 5.62. The first-order chi connectivity index (χ1) is 12.7. The van der Waals surface area contributed by atoms with E-state index in [0.717, 1.165) is 33.5 Å². The molecule has 0 spiro atoms. The van der Waals surface area contributed by atoms with Gasteiger partial charge >= 0.3 is 0 Å². The number of ether oxygens (including phenoxy) is 1. The minimum Gasteiger partial charge on any atom is -0.394 e. The molecule has 0 radical (unpaired) electrons. The highest BCUT2D eigenvalue weighted by atomic mass is 35.5. The van der Waals surface area contributed by atoms with Crippen molar-refractivity contribution in [1.29, 1.82) is 0 Å². The molecule has 0 atom stereocenters. The van der Waals surface area contributed by atoms with Crippen LogP contribution in [0.1, 0.15) is 5.56 Å². The summed E-state index contributed by atoms with van der Waals surface area (Å²) in [4.78, 5) is 0. The number of aryl methyl sites for hydroxylation is 1. The van der Waals surface area contributed by atoms with E-state index < -0.39 is 0 Å². The molecule has 0 fully saturated rings. The third kappa shape index (κ3) is 4.45. The van der Waals surface area contributed by atoms with Gasteiger partial charge in [0.05, 0.1) is 25.5 Å². The number of benzene rings is 2. The van der Waals surface area contributed by atoms with Crippen molar-refractivity contribution in [3.63, 3.8) is 0 Å². The Bertz CT molecular complexity index is 852. The van der Waals surface area contributed by atoms with Gasteiger partial charge in [-0.15, -0.1) is 10.2 Å². The molecule has 5 nitrogen and oxygen atoms in total. The highest BCUT2D eigenvalue weighted by molar-refractivity contribution is 7.99. The van der Waals surface area contributed by atoms with Crippen molar-refractivity contribution in [3.8, 4) is 17.1 Å². The Morgan fingerprint density at radius 2 is 1.85 bits per heavy atom. The first-order valence-corrected chi connectivity index (χ1v) is 9.66. The summed E-state index contributed by atoms with van der Waals surface area (Å²) in [6.07, 6.45) is 0. The average molecular weight is 390 g/mol. The van der Waals surface area contributed by atoms with Crippen molar-refractivity contribution in [2.75, 3.05) is 25.6 Å². The van der Waals surface area contributed by atoms with Crippen molar-refractivity contribution >= 4 is 23.4 Å². The van der Waals surface area contributed by atoms with Crippen LogP contribution in [0.2, 0.25) is 5.02 Å². The molecule has 0 aliphatic rings. The number of para-hydroxylation sites is 1. The number of hydrogen-bond acceptors (Lipinski definition) is 5. The van der Waals surface area contributed by atoms with Gasteiger partial charge in [0.25, 0.3) is 0 Å². The van der Waals surface area contributed by atoms with Gasteiger partial charge in [0, 0.05) is 16.3 Å². The topological polar surface area (TPSA) is 60.2 Å². The van der Waals surface area contributed by atoms with Crippen LogP contribution in [0.15, 0.2) is 53.7 Å². The maximum absolute atomic E-state index is 8.79.